The van der Waals surface area contributed by atoms with Crippen molar-refractivity contribution < 1.29 is 13.9 Å². The lowest BCUT2D eigenvalue weighted by molar-refractivity contribution is 0.100. The van der Waals surface area contributed by atoms with Gasteiger partial charge in [0.15, 0.2) is 0 Å². The van der Waals surface area contributed by atoms with Crippen LogP contribution >= 0.6 is 0 Å². The average molecular weight is 270 g/mol. The molecule has 2 N–H and O–H groups in total. The molecule has 20 heavy (non-hydrogen) atoms. The van der Waals surface area contributed by atoms with Gasteiger partial charge in [-0.2, -0.15) is 5.26 Å². The molecule has 1 amide bonds. The zero-order valence-corrected chi connectivity index (χ0v) is 10.5. The summed E-state index contributed by atoms with van der Waals surface area (Å²) < 4.78 is 19.2. The van der Waals surface area contributed by atoms with E-state index in [4.69, 9.17) is 15.7 Å². The van der Waals surface area contributed by atoms with Crippen LogP contribution in [0, 0.1) is 17.1 Å². The Bertz CT molecular complexity index is 675. The molecule has 0 spiro atoms. The standard InChI is InChI=1S/C15H11FN2O2/c16-14-11(8-17)2-1-3-12(14)9-20-13-6-4-10(5-7-13)15(18)19/h1-7H,9H2,(H2,18,19). The van der Waals surface area contributed by atoms with E-state index < -0.39 is 11.7 Å². The van der Waals surface area contributed by atoms with Crippen molar-refractivity contribution in [3.05, 3.63) is 65.0 Å². The largest absolute Gasteiger partial charge is 0.489 e. The van der Waals surface area contributed by atoms with Crippen LogP contribution in [0.2, 0.25) is 0 Å². The molecule has 0 aliphatic carbocycles. The van der Waals surface area contributed by atoms with Gasteiger partial charge in [0.1, 0.15) is 24.2 Å². The van der Waals surface area contributed by atoms with Gasteiger partial charge in [-0.25, -0.2) is 4.39 Å². The molecular formula is C15H11FN2O2. The minimum absolute atomic E-state index is 0.00271. The predicted octanol–water partition coefficient (Wildman–Crippen LogP) is 2.38. The van der Waals surface area contributed by atoms with Crippen molar-refractivity contribution in [2.45, 2.75) is 6.61 Å². The third-order valence-electron chi connectivity index (χ3n) is 2.73. The molecule has 2 aromatic rings. The summed E-state index contributed by atoms with van der Waals surface area (Å²) in [6.45, 7) is -0.00271. The lowest BCUT2D eigenvalue weighted by atomic mass is 10.1. The number of carbonyl (C=O) groups excluding carboxylic acids is 1. The quantitative estimate of drug-likeness (QED) is 0.926. The molecule has 100 valence electrons. The number of primary amides is 1. The second kappa shape index (κ2) is 5.85. The van der Waals surface area contributed by atoms with Crippen molar-refractivity contribution in [1.29, 1.82) is 5.26 Å². The van der Waals surface area contributed by atoms with E-state index in [1.807, 2.05) is 0 Å². The van der Waals surface area contributed by atoms with Crippen LogP contribution in [-0.4, -0.2) is 5.91 Å². The number of carbonyl (C=O) groups is 1. The molecule has 0 aliphatic rings. The zero-order valence-electron chi connectivity index (χ0n) is 10.5. The fraction of sp³-hybridized carbons (Fsp3) is 0.0667. The molecule has 2 rings (SSSR count). The van der Waals surface area contributed by atoms with Crippen LogP contribution in [0.4, 0.5) is 4.39 Å². The third-order valence-corrected chi connectivity index (χ3v) is 2.73. The Morgan fingerprint density at radius 2 is 1.95 bits per heavy atom. The molecule has 0 saturated heterocycles. The molecule has 0 heterocycles. The van der Waals surface area contributed by atoms with Gasteiger partial charge in [0.05, 0.1) is 5.56 Å². The van der Waals surface area contributed by atoms with E-state index in [0.717, 1.165) is 0 Å². The molecule has 0 atom stereocenters. The molecule has 0 saturated carbocycles. The number of amides is 1. The normalized spacial score (nSPS) is 9.80. The molecule has 5 heteroatoms. The summed E-state index contributed by atoms with van der Waals surface area (Å²) in [5, 5.41) is 8.74. The van der Waals surface area contributed by atoms with E-state index in [1.165, 1.54) is 18.2 Å². The zero-order chi connectivity index (χ0) is 14.5. The molecule has 0 bridgehead atoms. The molecule has 0 aliphatic heterocycles. The Labute approximate surface area is 115 Å². The molecule has 4 nitrogen and oxygen atoms in total. The summed E-state index contributed by atoms with van der Waals surface area (Å²) in [4.78, 5) is 10.9. The summed E-state index contributed by atoms with van der Waals surface area (Å²) in [6.07, 6.45) is 0. The first kappa shape index (κ1) is 13.6. The lowest BCUT2D eigenvalue weighted by Gasteiger charge is -2.08. The van der Waals surface area contributed by atoms with E-state index >= 15 is 0 Å². The smallest absolute Gasteiger partial charge is 0.248 e. The van der Waals surface area contributed by atoms with Crippen LogP contribution in [0.3, 0.4) is 0 Å². The van der Waals surface area contributed by atoms with Gasteiger partial charge in [-0.1, -0.05) is 12.1 Å². The highest BCUT2D eigenvalue weighted by Crippen LogP contribution is 2.17. The monoisotopic (exact) mass is 270 g/mol. The number of nitriles is 1. The van der Waals surface area contributed by atoms with E-state index in [-0.39, 0.29) is 12.2 Å². The summed E-state index contributed by atoms with van der Waals surface area (Å²) in [6, 6.07) is 12.5. The summed E-state index contributed by atoms with van der Waals surface area (Å²) in [5.41, 5.74) is 5.77. The number of ether oxygens (including phenoxy) is 1. The lowest BCUT2D eigenvalue weighted by Crippen LogP contribution is -2.10. The van der Waals surface area contributed by atoms with Gasteiger partial charge in [0, 0.05) is 11.1 Å². The van der Waals surface area contributed by atoms with Crippen molar-refractivity contribution in [3.63, 3.8) is 0 Å². The summed E-state index contributed by atoms with van der Waals surface area (Å²) >= 11 is 0. The first-order valence-corrected chi connectivity index (χ1v) is 5.82. The van der Waals surface area contributed by atoms with Crippen LogP contribution < -0.4 is 10.5 Å². The van der Waals surface area contributed by atoms with Gasteiger partial charge in [-0.15, -0.1) is 0 Å². The molecular weight excluding hydrogens is 259 g/mol. The minimum atomic E-state index is -0.580. The van der Waals surface area contributed by atoms with Crippen LogP contribution in [-0.2, 0) is 6.61 Å². The van der Waals surface area contributed by atoms with Crippen molar-refractivity contribution in [2.75, 3.05) is 0 Å². The Balaban J connectivity index is 2.09. The van der Waals surface area contributed by atoms with Gasteiger partial charge >= 0.3 is 0 Å². The number of hydrogen-bond acceptors (Lipinski definition) is 3. The predicted molar refractivity (Wildman–Crippen MR) is 70.4 cm³/mol. The third kappa shape index (κ3) is 2.93. The minimum Gasteiger partial charge on any atom is -0.489 e. The van der Waals surface area contributed by atoms with E-state index in [2.05, 4.69) is 0 Å². The van der Waals surface area contributed by atoms with Gasteiger partial charge in [-0.05, 0) is 30.3 Å². The van der Waals surface area contributed by atoms with E-state index in [0.29, 0.717) is 16.9 Å². The van der Waals surface area contributed by atoms with Crippen molar-refractivity contribution >= 4 is 5.91 Å². The van der Waals surface area contributed by atoms with Crippen molar-refractivity contribution in [3.8, 4) is 11.8 Å². The highest BCUT2D eigenvalue weighted by atomic mass is 19.1. The van der Waals surface area contributed by atoms with Gasteiger partial charge in [0.2, 0.25) is 5.91 Å². The molecule has 0 unspecified atom stereocenters. The fourth-order valence-electron chi connectivity index (χ4n) is 1.65. The molecule has 0 aromatic heterocycles. The number of nitrogens with zero attached hydrogens (tertiary/aromatic N) is 1. The number of nitrogens with two attached hydrogens (primary N) is 1. The van der Waals surface area contributed by atoms with Crippen LogP contribution in [0.1, 0.15) is 21.5 Å². The number of rotatable bonds is 4. The van der Waals surface area contributed by atoms with Crippen LogP contribution in [0.5, 0.6) is 5.75 Å². The second-order valence-corrected chi connectivity index (χ2v) is 4.07. The highest BCUT2D eigenvalue weighted by Gasteiger charge is 2.08. The number of hydrogen-bond donors (Lipinski definition) is 1. The Morgan fingerprint density at radius 3 is 2.55 bits per heavy atom. The van der Waals surface area contributed by atoms with Crippen LogP contribution in [0.25, 0.3) is 0 Å². The Morgan fingerprint density at radius 1 is 1.25 bits per heavy atom. The molecule has 0 radical (unpaired) electrons. The van der Waals surface area contributed by atoms with Crippen molar-refractivity contribution in [1.82, 2.24) is 0 Å². The summed E-state index contributed by atoms with van der Waals surface area (Å²) in [5.74, 6) is -0.621. The maximum absolute atomic E-state index is 13.8. The number of benzene rings is 2. The van der Waals surface area contributed by atoms with Gasteiger partial charge in [-0.3, -0.25) is 4.79 Å². The van der Waals surface area contributed by atoms with E-state index in [1.54, 1.807) is 30.3 Å². The second-order valence-electron chi connectivity index (χ2n) is 4.07. The Hall–Kier alpha value is -2.87. The van der Waals surface area contributed by atoms with Gasteiger partial charge in [0.25, 0.3) is 0 Å². The van der Waals surface area contributed by atoms with Crippen LogP contribution in [0.15, 0.2) is 42.5 Å². The molecule has 0 fully saturated rings. The fourth-order valence-corrected chi connectivity index (χ4v) is 1.65. The Kier molecular flexibility index (Phi) is 3.96. The first-order valence-electron chi connectivity index (χ1n) is 5.82. The SMILES string of the molecule is N#Cc1cccc(COc2ccc(C(N)=O)cc2)c1F. The topological polar surface area (TPSA) is 76.1 Å². The summed E-state index contributed by atoms with van der Waals surface area (Å²) in [7, 11) is 0. The number of halogens is 1. The highest BCUT2D eigenvalue weighted by molar-refractivity contribution is 5.92. The maximum atomic E-state index is 13.8. The van der Waals surface area contributed by atoms with E-state index in [9.17, 15) is 9.18 Å². The molecule has 2 aromatic carbocycles. The average Bonchev–Trinajstić information content (AvgIpc) is 2.46. The maximum Gasteiger partial charge on any atom is 0.248 e. The first-order chi connectivity index (χ1) is 9.61. The van der Waals surface area contributed by atoms with Gasteiger partial charge < -0.3 is 10.5 Å². The van der Waals surface area contributed by atoms with Crippen molar-refractivity contribution in [2.24, 2.45) is 5.73 Å².